The van der Waals surface area contributed by atoms with Crippen molar-refractivity contribution in [2.24, 2.45) is 5.92 Å². The topological polar surface area (TPSA) is 30.2 Å². The van der Waals surface area contributed by atoms with Gasteiger partial charge in [-0.25, -0.2) is 4.79 Å². The molecule has 0 amide bonds. The molecule has 76 valence electrons. The summed E-state index contributed by atoms with van der Waals surface area (Å²) in [6.07, 6.45) is 2.33. The number of hydrogen-bond donors (Lipinski definition) is 0. The Hall–Kier alpha value is -1.31. The van der Waals surface area contributed by atoms with Gasteiger partial charge in [-0.2, -0.15) is 0 Å². The zero-order chi connectivity index (χ0) is 10.7. The van der Waals surface area contributed by atoms with Gasteiger partial charge in [0.2, 0.25) is 0 Å². The molecule has 1 rings (SSSR count). The standard InChI is InChI=1S/C12H16O2/c1-5-11-9(4)7-10(6-8(2)3)12(13)14-11/h5,7-8H,1,6H2,2-4H3. The molecule has 0 saturated carbocycles. The molecule has 0 unspecified atom stereocenters. The molecule has 0 aliphatic heterocycles. The molecule has 2 nitrogen and oxygen atoms in total. The normalized spacial score (nSPS) is 10.6. The molecule has 0 atom stereocenters. The summed E-state index contributed by atoms with van der Waals surface area (Å²) in [5, 5.41) is 0. The summed E-state index contributed by atoms with van der Waals surface area (Å²) in [6, 6.07) is 1.89. The van der Waals surface area contributed by atoms with Crippen molar-refractivity contribution in [2.45, 2.75) is 27.2 Å². The van der Waals surface area contributed by atoms with Crippen molar-refractivity contribution in [3.05, 3.63) is 40.0 Å². The number of aryl methyl sites for hydroxylation is 1. The number of hydrogen-bond acceptors (Lipinski definition) is 2. The van der Waals surface area contributed by atoms with Gasteiger partial charge in [0.25, 0.3) is 0 Å². The van der Waals surface area contributed by atoms with Crippen LogP contribution >= 0.6 is 0 Å². The van der Waals surface area contributed by atoms with Crippen LogP contribution in [-0.4, -0.2) is 0 Å². The van der Waals surface area contributed by atoms with Crippen molar-refractivity contribution in [3.63, 3.8) is 0 Å². The van der Waals surface area contributed by atoms with E-state index in [9.17, 15) is 4.79 Å². The number of rotatable bonds is 3. The van der Waals surface area contributed by atoms with Crippen LogP contribution in [0.3, 0.4) is 0 Å². The Morgan fingerprint density at radius 3 is 2.71 bits per heavy atom. The Morgan fingerprint density at radius 2 is 2.21 bits per heavy atom. The van der Waals surface area contributed by atoms with Crippen LogP contribution in [0.25, 0.3) is 6.08 Å². The quantitative estimate of drug-likeness (QED) is 0.737. The van der Waals surface area contributed by atoms with E-state index in [0.29, 0.717) is 11.7 Å². The van der Waals surface area contributed by atoms with Crippen LogP contribution in [0.5, 0.6) is 0 Å². The Morgan fingerprint density at radius 1 is 1.57 bits per heavy atom. The molecule has 1 heterocycles. The summed E-state index contributed by atoms with van der Waals surface area (Å²) >= 11 is 0. The van der Waals surface area contributed by atoms with Gasteiger partial charge in [-0.3, -0.25) is 0 Å². The predicted octanol–water partition coefficient (Wildman–Crippen LogP) is 2.79. The van der Waals surface area contributed by atoms with Gasteiger partial charge in [-0.15, -0.1) is 0 Å². The van der Waals surface area contributed by atoms with E-state index in [1.54, 1.807) is 6.08 Å². The van der Waals surface area contributed by atoms with Gasteiger partial charge < -0.3 is 4.42 Å². The van der Waals surface area contributed by atoms with Crippen molar-refractivity contribution in [3.8, 4) is 0 Å². The summed E-state index contributed by atoms with van der Waals surface area (Å²) in [6.45, 7) is 9.67. The minimum Gasteiger partial charge on any atom is -0.423 e. The van der Waals surface area contributed by atoms with Gasteiger partial charge >= 0.3 is 5.63 Å². The van der Waals surface area contributed by atoms with Gasteiger partial charge in [0.05, 0.1) is 0 Å². The lowest BCUT2D eigenvalue weighted by Crippen LogP contribution is -2.11. The van der Waals surface area contributed by atoms with Crippen molar-refractivity contribution in [1.82, 2.24) is 0 Å². The first-order valence-electron chi connectivity index (χ1n) is 4.80. The fraction of sp³-hybridized carbons (Fsp3) is 0.417. The van der Waals surface area contributed by atoms with Crippen molar-refractivity contribution in [2.75, 3.05) is 0 Å². The largest absolute Gasteiger partial charge is 0.423 e. The van der Waals surface area contributed by atoms with Crippen LogP contribution in [0.4, 0.5) is 0 Å². The third-order valence-corrected chi connectivity index (χ3v) is 2.06. The monoisotopic (exact) mass is 192 g/mol. The predicted molar refractivity (Wildman–Crippen MR) is 58.3 cm³/mol. The lowest BCUT2D eigenvalue weighted by atomic mass is 10.0. The molecule has 0 fully saturated rings. The smallest absolute Gasteiger partial charge is 0.339 e. The van der Waals surface area contributed by atoms with Gasteiger partial charge in [0.1, 0.15) is 5.76 Å². The summed E-state index contributed by atoms with van der Waals surface area (Å²) < 4.78 is 5.12. The molecule has 1 aromatic heterocycles. The SMILES string of the molecule is C=Cc1oc(=O)c(CC(C)C)cc1C. The molecule has 0 aromatic carbocycles. The van der Waals surface area contributed by atoms with E-state index in [2.05, 4.69) is 20.4 Å². The second kappa shape index (κ2) is 4.27. The molecule has 0 radical (unpaired) electrons. The first-order valence-corrected chi connectivity index (χ1v) is 4.80. The van der Waals surface area contributed by atoms with E-state index < -0.39 is 0 Å². The van der Waals surface area contributed by atoms with E-state index in [1.807, 2.05) is 13.0 Å². The average molecular weight is 192 g/mol. The Balaban J connectivity index is 3.15. The highest BCUT2D eigenvalue weighted by Gasteiger charge is 2.07. The van der Waals surface area contributed by atoms with Gasteiger partial charge in [0, 0.05) is 5.56 Å². The lowest BCUT2D eigenvalue weighted by molar-refractivity contribution is 0.480. The van der Waals surface area contributed by atoms with Crippen molar-refractivity contribution < 1.29 is 4.42 Å². The van der Waals surface area contributed by atoms with Crippen molar-refractivity contribution in [1.29, 1.82) is 0 Å². The molecule has 0 spiro atoms. The third kappa shape index (κ3) is 2.34. The molecular weight excluding hydrogens is 176 g/mol. The van der Waals surface area contributed by atoms with E-state index in [-0.39, 0.29) is 5.63 Å². The molecule has 0 saturated heterocycles. The summed E-state index contributed by atoms with van der Waals surface area (Å²) in [7, 11) is 0. The second-order valence-electron chi connectivity index (χ2n) is 3.91. The highest BCUT2D eigenvalue weighted by atomic mass is 16.4. The van der Waals surface area contributed by atoms with E-state index in [4.69, 9.17) is 4.42 Å². The zero-order valence-electron chi connectivity index (χ0n) is 8.96. The first-order chi connectivity index (χ1) is 6.54. The maximum absolute atomic E-state index is 11.5. The molecular formula is C12H16O2. The molecule has 0 aliphatic rings. The minimum atomic E-state index is -0.237. The van der Waals surface area contributed by atoms with E-state index in [1.165, 1.54) is 0 Å². The Kier molecular flexibility index (Phi) is 3.28. The van der Waals surface area contributed by atoms with Crippen LogP contribution in [0.1, 0.15) is 30.7 Å². The van der Waals surface area contributed by atoms with Crippen LogP contribution in [0.2, 0.25) is 0 Å². The molecule has 2 heteroatoms. The fourth-order valence-corrected chi connectivity index (χ4v) is 1.42. The third-order valence-electron chi connectivity index (χ3n) is 2.06. The maximum atomic E-state index is 11.5. The Bertz CT molecular complexity index is 386. The van der Waals surface area contributed by atoms with E-state index >= 15 is 0 Å². The van der Waals surface area contributed by atoms with Crippen LogP contribution in [-0.2, 0) is 6.42 Å². The molecule has 0 aliphatic carbocycles. The highest BCUT2D eigenvalue weighted by molar-refractivity contribution is 5.44. The highest BCUT2D eigenvalue weighted by Crippen LogP contribution is 2.11. The molecule has 14 heavy (non-hydrogen) atoms. The zero-order valence-corrected chi connectivity index (χ0v) is 8.96. The minimum absolute atomic E-state index is 0.237. The summed E-state index contributed by atoms with van der Waals surface area (Å²) in [5.41, 5.74) is 1.48. The van der Waals surface area contributed by atoms with E-state index in [0.717, 1.165) is 17.5 Å². The van der Waals surface area contributed by atoms with Gasteiger partial charge in [-0.1, -0.05) is 20.4 Å². The first kappa shape index (κ1) is 10.8. The molecule has 0 N–H and O–H groups in total. The molecule has 0 bridgehead atoms. The van der Waals surface area contributed by atoms with Crippen LogP contribution < -0.4 is 5.63 Å². The summed E-state index contributed by atoms with van der Waals surface area (Å²) in [5.74, 6) is 1.04. The average Bonchev–Trinajstić information content (AvgIpc) is 2.10. The lowest BCUT2D eigenvalue weighted by Gasteiger charge is -2.05. The molecule has 1 aromatic rings. The van der Waals surface area contributed by atoms with Gasteiger partial charge in [-0.05, 0) is 37.0 Å². The summed E-state index contributed by atoms with van der Waals surface area (Å²) in [4.78, 5) is 11.5. The van der Waals surface area contributed by atoms with Crippen LogP contribution in [0, 0.1) is 12.8 Å². The van der Waals surface area contributed by atoms with Crippen molar-refractivity contribution >= 4 is 6.08 Å². The fourth-order valence-electron chi connectivity index (χ4n) is 1.42. The van der Waals surface area contributed by atoms with Crippen LogP contribution in [0.15, 0.2) is 21.9 Å². The maximum Gasteiger partial charge on any atom is 0.339 e. The second-order valence-corrected chi connectivity index (χ2v) is 3.91. The Labute approximate surface area is 84.3 Å². The van der Waals surface area contributed by atoms with Gasteiger partial charge in [0.15, 0.2) is 0 Å².